The Morgan fingerprint density at radius 1 is 1.14 bits per heavy atom. The minimum absolute atomic E-state index is 0.0148. The molecular weight excluding hydrogens is 266 g/mol. The van der Waals surface area contributed by atoms with Gasteiger partial charge in [-0.1, -0.05) is 13.8 Å². The van der Waals surface area contributed by atoms with E-state index in [9.17, 15) is 9.59 Å². The van der Waals surface area contributed by atoms with Crippen LogP contribution in [-0.4, -0.2) is 23.9 Å². The zero-order valence-electron chi connectivity index (χ0n) is 12.8. The first-order chi connectivity index (χ1) is 9.90. The number of amides is 2. The average Bonchev–Trinajstić information content (AvgIpc) is 2.89. The molecule has 1 aromatic carbocycles. The van der Waals surface area contributed by atoms with Crippen LogP contribution < -0.4 is 16.0 Å². The van der Waals surface area contributed by atoms with Crippen LogP contribution in [0.2, 0.25) is 0 Å². The molecule has 0 radical (unpaired) electrons. The van der Waals surface area contributed by atoms with Gasteiger partial charge in [0.1, 0.15) is 0 Å². The molecule has 1 fully saturated rings. The molecule has 1 saturated heterocycles. The Labute approximate surface area is 125 Å². The predicted molar refractivity (Wildman–Crippen MR) is 84.2 cm³/mol. The fraction of sp³-hybridized carbons (Fsp3) is 0.500. The highest BCUT2D eigenvalue weighted by Crippen LogP contribution is 2.21. The van der Waals surface area contributed by atoms with Crippen LogP contribution in [0.25, 0.3) is 0 Å². The topological polar surface area (TPSA) is 70.2 Å². The molecule has 0 saturated carbocycles. The summed E-state index contributed by atoms with van der Waals surface area (Å²) in [5, 5.41) is 8.97. The molecule has 2 rings (SSSR count). The molecule has 114 valence electrons. The quantitative estimate of drug-likeness (QED) is 0.797. The Bertz CT molecular complexity index is 517. The van der Waals surface area contributed by atoms with E-state index in [1.807, 2.05) is 20.8 Å². The molecule has 1 unspecified atom stereocenters. The van der Waals surface area contributed by atoms with Gasteiger partial charge in [-0.05, 0) is 50.6 Å². The molecule has 0 spiro atoms. The van der Waals surface area contributed by atoms with E-state index in [1.54, 1.807) is 24.3 Å². The summed E-state index contributed by atoms with van der Waals surface area (Å²) in [5.41, 5.74) is 0.985. The molecule has 5 heteroatoms. The highest BCUT2D eigenvalue weighted by atomic mass is 16.2. The molecule has 3 N–H and O–H groups in total. The second kappa shape index (κ2) is 6.26. The van der Waals surface area contributed by atoms with Crippen LogP contribution in [0.1, 0.15) is 33.6 Å². The van der Waals surface area contributed by atoms with Crippen LogP contribution in [-0.2, 0) is 9.59 Å². The molecule has 21 heavy (non-hydrogen) atoms. The largest absolute Gasteiger partial charge is 0.326 e. The van der Waals surface area contributed by atoms with Crippen LogP contribution in [0.3, 0.4) is 0 Å². The Hall–Kier alpha value is -1.88. The summed E-state index contributed by atoms with van der Waals surface area (Å²) in [6.45, 7) is 6.50. The summed E-state index contributed by atoms with van der Waals surface area (Å²) in [6, 6.07) is 7.18. The lowest BCUT2D eigenvalue weighted by atomic mass is 9.99. The van der Waals surface area contributed by atoms with E-state index in [2.05, 4.69) is 16.0 Å². The number of hydrogen-bond donors (Lipinski definition) is 3. The molecule has 0 aromatic heterocycles. The SMILES string of the molecule is CC(C)C(=O)Nc1ccc(NC(=O)C2(C)CCCN2)cc1. The fourth-order valence-electron chi connectivity index (χ4n) is 2.28. The number of rotatable bonds is 4. The third-order valence-electron chi connectivity index (χ3n) is 3.80. The maximum Gasteiger partial charge on any atom is 0.244 e. The summed E-state index contributed by atoms with van der Waals surface area (Å²) < 4.78 is 0. The van der Waals surface area contributed by atoms with Crippen LogP contribution in [0, 0.1) is 5.92 Å². The minimum atomic E-state index is -0.482. The Morgan fingerprint density at radius 2 is 1.71 bits per heavy atom. The highest BCUT2D eigenvalue weighted by Gasteiger charge is 2.35. The summed E-state index contributed by atoms with van der Waals surface area (Å²) in [7, 11) is 0. The summed E-state index contributed by atoms with van der Waals surface area (Å²) in [4.78, 5) is 23.8. The van der Waals surface area contributed by atoms with Crippen molar-refractivity contribution in [1.82, 2.24) is 5.32 Å². The van der Waals surface area contributed by atoms with E-state index in [1.165, 1.54) is 0 Å². The van der Waals surface area contributed by atoms with Crippen LogP contribution in [0.15, 0.2) is 24.3 Å². The van der Waals surface area contributed by atoms with E-state index in [4.69, 9.17) is 0 Å². The van der Waals surface area contributed by atoms with Gasteiger partial charge in [-0.25, -0.2) is 0 Å². The molecule has 1 heterocycles. The van der Waals surface area contributed by atoms with Crippen LogP contribution in [0.5, 0.6) is 0 Å². The number of carbonyl (C=O) groups is 2. The van der Waals surface area contributed by atoms with Gasteiger partial charge in [0.05, 0.1) is 5.54 Å². The normalized spacial score (nSPS) is 21.3. The van der Waals surface area contributed by atoms with Gasteiger partial charge in [-0.15, -0.1) is 0 Å². The first-order valence-corrected chi connectivity index (χ1v) is 7.38. The van der Waals surface area contributed by atoms with Crippen molar-refractivity contribution in [2.45, 2.75) is 39.2 Å². The van der Waals surface area contributed by atoms with Gasteiger partial charge >= 0.3 is 0 Å². The molecular formula is C16H23N3O2. The van der Waals surface area contributed by atoms with Crippen LogP contribution in [0.4, 0.5) is 11.4 Å². The van der Waals surface area contributed by atoms with Crippen molar-refractivity contribution in [3.8, 4) is 0 Å². The molecule has 1 aliphatic rings. The minimum Gasteiger partial charge on any atom is -0.326 e. The van der Waals surface area contributed by atoms with E-state index in [0.29, 0.717) is 0 Å². The lowest BCUT2D eigenvalue weighted by molar-refractivity contribution is -0.121. The molecule has 0 bridgehead atoms. The molecule has 0 aliphatic carbocycles. The van der Waals surface area contributed by atoms with Crippen molar-refractivity contribution in [1.29, 1.82) is 0 Å². The number of nitrogens with one attached hydrogen (secondary N) is 3. The molecule has 2 amide bonds. The van der Waals surface area contributed by atoms with Gasteiger partial charge in [-0.2, -0.15) is 0 Å². The van der Waals surface area contributed by atoms with Gasteiger partial charge in [-0.3, -0.25) is 9.59 Å². The van der Waals surface area contributed by atoms with E-state index in [0.717, 1.165) is 30.8 Å². The van der Waals surface area contributed by atoms with Gasteiger partial charge in [0, 0.05) is 17.3 Å². The van der Waals surface area contributed by atoms with Gasteiger partial charge in [0.2, 0.25) is 11.8 Å². The number of benzene rings is 1. The summed E-state index contributed by atoms with van der Waals surface area (Å²) >= 11 is 0. The van der Waals surface area contributed by atoms with Crippen molar-refractivity contribution in [2.75, 3.05) is 17.2 Å². The number of hydrogen-bond acceptors (Lipinski definition) is 3. The van der Waals surface area contributed by atoms with E-state index >= 15 is 0 Å². The number of carbonyl (C=O) groups excluding carboxylic acids is 2. The molecule has 1 aliphatic heterocycles. The maximum atomic E-state index is 12.2. The smallest absolute Gasteiger partial charge is 0.244 e. The zero-order chi connectivity index (χ0) is 15.5. The van der Waals surface area contributed by atoms with Crippen molar-refractivity contribution in [3.63, 3.8) is 0 Å². The highest BCUT2D eigenvalue weighted by molar-refractivity contribution is 5.98. The van der Waals surface area contributed by atoms with Crippen molar-refractivity contribution in [2.24, 2.45) is 5.92 Å². The van der Waals surface area contributed by atoms with Crippen molar-refractivity contribution < 1.29 is 9.59 Å². The lowest BCUT2D eigenvalue weighted by Crippen LogP contribution is -2.47. The average molecular weight is 289 g/mol. The fourth-order valence-corrected chi connectivity index (χ4v) is 2.28. The Balaban J connectivity index is 1.96. The zero-order valence-corrected chi connectivity index (χ0v) is 12.8. The summed E-state index contributed by atoms with van der Waals surface area (Å²) in [6.07, 6.45) is 1.87. The third kappa shape index (κ3) is 3.82. The standard InChI is InChI=1S/C16H23N3O2/c1-11(2)14(20)18-12-5-7-13(8-6-12)19-15(21)16(3)9-4-10-17-16/h5-8,11,17H,4,9-10H2,1-3H3,(H,18,20)(H,19,21). The van der Waals surface area contributed by atoms with Crippen molar-refractivity contribution in [3.05, 3.63) is 24.3 Å². The predicted octanol–water partition coefficient (Wildman–Crippen LogP) is 2.36. The van der Waals surface area contributed by atoms with Crippen molar-refractivity contribution >= 4 is 23.2 Å². The molecule has 1 aromatic rings. The Kier molecular flexibility index (Phi) is 4.63. The van der Waals surface area contributed by atoms with E-state index in [-0.39, 0.29) is 17.7 Å². The second-order valence-electron chi connectivity index (χ2n) is 6.04. The lowest BCUT2D eigenvalue weighted by Gasteiger charge is -2.23. The maximum absolute atomic E-state index is 12.2. The monoisotopic (exact) mass is 289 g/mol. The molecule has 5 nitrogen and oxygen atoms in total. The van der Waals surface area contributed by atoms with Gasteiger partial charge < -0.3 is 16.0 Å². The first kappa shape index (κ1) is 15.5. The summed E-state index contributed by atoms with van der Waals surface area (Å²) in [5.74, 6) is -0.0915. The van der Waals surface area contributed by atoms with Crippen LogP contribution >= 0.6 is 0 Å². The Morgan fingerprint density at radius 3 is 2.19 bits per heavy atom. The van der Waals surface area contributed by atoms with Gasteiger partial charge in [0.25, 0.3) is 0 Å². The molecule has 1 atom stereocenters. The van der Waals surface area contributed by atoms with E-state index < -0.39 is 5.54 Å². The number of anilines is 2. The first-order valence-electron chi connectivity index (χ1n) is 7.38. The van der Waals surface area contributed by atoms with Gasteiger partial charge in [0.15, 0.2) is 0 Å². The second-order valence-corrected chi connectivity index (χ2v) is 6.04. The third-order valence-corrected chi connectivity index (χ3v) is 3.80.